The molecule has 1 unspecified atom stereocenters. The Labute approximate surface area is 201 Å². The zero-order valence-corrected chi connectivity index (χ0v) is 20.2. The largest absolute Gasteiger partial charge is 0.416 e. The van der Waals surface area contributed by atoms with Crippen molar-refractivity contribution in [2.75, 3.05) is 12.0 Å². The lowest BCUT2D eigenvalue weighted by Gasteiger charge is -2.16. The Morgan fingerprint density at radius 2 is 2.00 bits per heavy atom. The van der Waals surface area contributed by atoms with Crippen molar-refractivity contribution in [1.82, 2.24) is 25.1 Å². The fraction of sp³-hybridized carbons (Fsp3) is 0.391. The number of hydrogen-bond acceptors (Lipinski definition) is 6. The van der Waals surface area contributed by atoms with Crippen LogP contribution in [0, 0.1) is 0 Å². The van der Waals surface area contributed by atoms with E-state index in [0.717, 1.165) is 25.0 Å². The van der Waals surface area contributed by atoms with Crippen molar-refractivity contribution >= 4 is 21.3 Å². The highest BCUT2D eigenvalue weighted by molar-refractivity contribution is 7.93. The minimum atomic E-state index is -4.54. The van der Waals surface area contributed by atoms with Gasteiger partial charge in [0.15, 0.2) is 11.6 Å². The molecule has 1 fully saturated rings. The summed E-state index contributed by atoms with van der Waals surface area (Å²) in [5.41, 5.74) is 0.0937. The third kappa shape index (κ3) is 5.87. The monoisotopic (exact) mass is 506 g/mol. The Morgan fingerprint density at radius 3 is 2.60 bits per heavy atom. The van der Waals surface area contributed by atoms with Gasteiger partial charge in [0.2, 0.25) is 0 Å². The number of carbonyl (C=O) groups is 1. The lowest BCUT2D eigenvalue weighted by molar-refractivity contribution is -0.137. The van der Waals surface area contributed by atoms with Crippen LogP contribution in [0.5, 0.6) is 0 Å². The smallest absolute Gasteiger partial charge is 0.342 e. The Hall–Kier alpha value is -3.28. The predicted octanol–water partition coefficient (Wildman–Crippen LogP) is 4.80. The van der Waals surface area contributed by atoms with E-state index in [9.17, 15) is 22.2 Å². The summed E-state index contributed by atoms with van der Waals surface area (Å²) in [6.07, 6.45) is 1.41. The molecule has 1 aliphatic carbocycles. The number of hydrogen-bond donors (Lipinski definition) is 1. The molecule has 1 N–H and O–H groups in total. The van der Waals surface area contributed by atoms with Gasteiger partial charge in [0.1, 0.15) is 6.33 Å². The molecule has 0 radical (unpaired) electrons. The zero-order chi connectivity index (χ0) is 25.4. The fourth-order valence-corrected chi connectivity index (χ4v) is 4.19. The molecule has 35 heavy (non-hydrogen) atoms. The number of nitrogens with zero attached hydrogens (tertiary/aromatic N) is 5. The summed E-state index contributed by atoms with van der Waals surface area (Å²) in [4.78, 5) is 21.4. The second kappa shape index (κ2) is 9.40. The summed E-state index contributed by atoms with van der Waals surface area (Å²) >= 11 is 0. The topological polar surface area (TPSA) is 102 Å². The van der Waals surface area contributed by atoms with Crippen LogP contribution in [-0.2, 0) is 15.9 Å². The van der Waals surface area contributed by atoms with Gasteiger partial charge in [-0.05, 0) is 61.6 Å². The maximum absolute atomic E-state index is 13.4. The van der Waals surface area contributed by atoms with E-state index in [1.54, 1.807) is 32.2 Å². The minimum absolute atomic E-state index is 0.0529. The zero-order valence-electron chi connectivity index (χ0n) is 19.4. The van der Waals surface area contributed by atoms with Crippen molar-refractivity contribution in [3.63, 3.8) is 0 Å². The Kier molecular flexibility index (Phi) is 6.67. The molecule has 0 aliphatic heterocycles. The molecule has 4 rings (SSSR count). The van der Waals surface area contributed by atoms with Gasteiger partial charge in [0.05, 0.1) is 23.5 Å². The van der Waals surface area contributed by atoms with Gasteiger partial charge in [-0.1, -0.05) is 6.92 Å². The number of amides is 1. The molecule has 2 aromatic heterocycles. The Balaban J connectivity index is 1.56. The normalized spacial score (nSPS) is 16.4. The van der Waals surface area contributed by atoms with Gasteiger partial charge >= 0.3 is 6.18 Å². The first kappa shape index (κ1) is 24.8. The lowest BCUT2D eigenvalue weighted by Crippen LogP contribution is -2.29. The average molecular weight is 507 g/mol. The van der Waals surface area contributed by atoms with Crippen LogP contribution in [0.2, 0.25) is 0 Å². The minimum Gasteiger partial charge on any atom is -0.342 e. The van der Waals surface area contributed by atoms with Gasteiger partial charge < -0.3 is 5.32 Å². The van der Waals surface area contributed by atoms with Crippen molar-refractivity contribution < 1.29 is 22.2 Å². The van der Waals surface area contributed by atoms with Crippen molar-refractivity contribution in [3.8, 4) is 5.82 Å². The van der Waals surface area contributed by atoms with Crippen LogP contribution < -0.4 is 5.32 Å². The molecule has 1 aromatic carbocycles. The van der Waals surface area contributed by atoms with Gasteiger partial charge in [-0.3, -0.25) is 4.79 Å². The molecule has 1 amide bonds. The molecular weight excluding hydrogens is 481 g/mol. The summed E-state index contributed by atoms with van der Waals surface area (Å²) in [6, 6.07) is 6.11. The van der Waals surface area contributed by atoms with Crippen LogP contribution in [0.1, 0.15) is 66.0 Å². The highest BCUT2D eigenvalue weighted by atomic mass is 32.2. The molecule has 1 aliphatic rings. The first-order chi connectivity index (χ1) is 16.5. The molecule has 0 bridgehead atoms. The number of benzene rings is 1. The number of nitrogens with one attached hydrogen (secondary N) is 1. The van der Waals surface area contributed by atoms with E-state index in [1.165, 1.54) is 23.3 Å². The summed E-state index contributed by atoms with van der Waals surface area (Å²) in [5.74, 6) is 0.570. The number of aromatic nitrogens is 4. The summed E-state index contributed by atoms with van der Waals surface area (Å²) < 4.78 is 58.0. The first-order valence-electron chi connectivity index (χ1n) is 11.1. The predicted molar refractivity (Wildman–Crippen MR) is 125 cm³/mol. The van der Waals surface area contributed by atoms with Crippen molar-refractivity contribution in [3.05, 3.63) is 65.4 Å². The first-order valence-corrected chi connectivity index (χ1v) is 13.2. The summed E-state index contributed by atoms with van der Waals surface area (Å²) in [6.45, 7) is 3.45. The van der Waals surface area contributed by atoms with E-state index in [2.05, 4.69) is 24.7 Å². The molecular formula is C23H25F3N6O2S. The maximum Gasteiger partial charge on any atom is 0.416 e. The van der Waals surface area contributed by atoms with Crippen LogP contribution in [0.25, 0.3) is 5.82 Å². The quantitative estimate of drug-likeness (QED) is 0.496. The van der Waals surface area contributed by atoms with E-state index in [4.69, 9.17) is 0 Å². The van der Waals surface area contributed by atoms with E-state index in [0.29, 0.717) is 28.6 Å². The number of carbonyl (C=O) groups excluding carboxylic acids is 1. The highest BCUT2D eigenvalue weighted by Gasteiger charge is 2.34. The summed E-state index contributed by atoms with van der Waals surface area (Å²) in [7, 11) is -2.34. The Morgan fingerprint density at radius 1 is 1.26 bits per heavy atom. The second-order valence-corrected chi connectivity index (χ2v) is 11.2. The molecule has 0 saturated heterocycles. The van der Waals surface area contributed by atoms with Crippen molar-refractivity contribution in [2.24, 2.45) is 4.36 Å². The molecule has 186 valence electrons. The lowest BCUT2D eigenvalue weighted by atomic mass is 10.0. The van der Waals surface area contributed by atoms with Gasteiger partial charge in [-0.2, -0.15) is 27.3 Å². The third-order valence-electron chi connectivity index (χ3n) is 5.69. The van der Waals surface area contributed by atoms with E-state index in [-0.39, 0.29) is 11.5 Å². The number of halogens is 3. The molecule has 2 atom stereocenters. The van der Waals surface area contributed by atoms with Gasteiger partial charge in [-0.25, -0.2) is 14.2 Å². The fourth-order valence-electron chi connectivity index (χ4n) is 3.51. The molecule has 12 heteroatoms. The maximum atomic E-state index is 13.4. The van der Waals surface area contributed by atoms with Crippen LogP contribution in [0.3, 0.4) is 0 Å². The van der Waals surface area contributed by atoms with E-state index >= 15 is 0 Å². The second-order valence-electron chi connectivity index (χ2n) is 8.55. The average Bonchev–Trinajstić information content (AvgIpc) is 3.55. The standard InChI is InChI=1S/C23H25F3N6O2S/c1-4-35(3,34)31-19-7-8-20(27-12-19)32-21(28-13-29-32)14(2)30-22(33)17-9-16(15-5-6-15)10-18(11-17)23(24,25)26/h7-15H,4-6H2,1-3H3,(H,30,33)/t14-,35?/m0/s1. The number of rotatable bonds is 7. The van der Waals surface area contributed by atoms with Crippen LogP contribution in [0.15, 0.2) is 47.2 Å². The van der Waals surface area contributed by atoms with Gasteiger partial charge in [0, 0.05) is 27.3 Å². The molecule has 8 nitrogen and oxygen atoms in total. The molecule has 0 spiro atoms. The molecule has 1 saturated carbocycles. The van der Waals surface area contributed by atoms with Crippen LogP contribution in [0.4, 0.5) is 18.9 Å². The highest BCUT2D eigenvalue weighted by Crippen LogP contribution is 2.42. The van der Waals surface area contributed by atoms with Crippen molar-refractivity contribution in [2.45, 2.75) is 44.8 Å². The van der Waals surface area contributed by atoms with E-state index in [1.807, 2.05) is 0 Å². The molecule has 3 aromatic rings. The summed E-state index contributed by atoms with van der Waals surface area (Å²) in [5, 5.41) is 6.87. The number of alkyl halides is 3. The SMILES string of the molecule is CCS(C)(=O)=Nc1ccc(-n2ncnc2[C@H](C)NC(=O)c2cc(C3CC3)cc(C(F)(F)F)c2)nc1. The van der Waals surface area contributed by atoms with Crippen LogP contribution in [-0.4, -0.2) is 41.9 Å². The third-order valence-corrected chi connectivity index (χ3v) is 7.35. The Bertz CT molecular complexity index is 1360. The van der Waals surface area contributed by atoms with Crippen molar-refractivity contribution in [1.29, 1.82) is 0 Å². The number of pyridine rings is 1. The van der Waals surface area contributed by atoms with Crippen LogP contribution >= 0.6 is 0 Å². The van der Waals surface area contributed by atoms with E-state index < -0.39 is 33.4 Å². The van der Waals surface area contributed by atoms with Gasteiger partial charge in [-0.15, -0.1) is 0 Å². The van der Waals surface area contributed by atoms with Gasteiger partial charge in [0.25, 0.3) is 5.91 Å². The molecule has 2 heterocycles.